The molecule has 0 saturated heterocycles. The number of rotatable bonds is 5. The van der Waals surface area contributed by atoms with Gasteiger partial charge in [-0.1, -0.05) is 41.9 Å². The van der Waals surface area contributed by atoms with Gasteiger partial charge < -0.3 is 4.57 Å². The van der Waals surface area contributed by atoms with Gasteiger partial charge >= 0.3 is 0 Å². The molecule has 0 saturated carbocycles. The molecule has 114 valence electrons. The normalized spacial score (nSPS) is 11.4. The third-order valence-corrected chi connectivity index (χ3v) is 3.58. The second kappa shape index (κ2) is 7.03. The summed E-state index contributed by atoms with van der Waals surface area (Å²) >= 11 is 5.99. The number of hydrogen-bond donors (Lipinski definition) is 0. The molecule has 0 aliphatic heterocycles. The SMILES string of the molecule is O=[N+](Cc1cccc(Cl)c1)C(=Cn1ccnc1)c1ccccc1. The monoisotopic (exact) mass is 324 g/mol. The maximum atomic E-state index is 12.7. The number of nitroso groups, excluding NO2 is 1. The third kappa shape index (κ3) is 3.93. The van der Waals surface area contributed by atoms with Crippen LogP contribution in [0.4, 0.5) is 0 Å². The highest BCUT2D eigenvalue weighted by molar-refractivity contribution is 6.30. The largest absolute Gasteiger partial charge is 0.306 e. The van der Waals surface area contributed by atoms with Gasteiger partial charge in [-0.15, -0.1) is 0 Å². The van der Waals surface area contributed by atoms with Crippen molar-refractivity contribution in [3.05, 3.63) is 94.4 Å². The highest BCUT2D eigenvalue weighted by atomic mass is 35.5. The molecular formula is C18H15ClN3O+. The number of hydrogen-bond acceptors (Lipinski definition) is 2. The lowest BCUT2D eigenvalue weighted by atomic mass is 10.1. The second-order valence-electron chi connectivity index (χ2n) is 5.06. The van der Waals surface area contributed by atoms with Crippen molar-refractivity contribution in [3.63, 3.8) is 0 Å². The molecule has 0 aliphatic rings. The topological polar surface area (TPSA) is 37.9 Å². The fourth-order valence-electron chi connectivity index (χ4n) is 2.27. The van der Waals surface area contributed by atoms with Crippen LogP contribution in [0.25, 0.3) is 11.9 Å². The van der Waals surface area contributed by atoms with Crippen LogP contribution in [0.3, 0.4) is 0 Å². The van der Waals surface area contributed by atoms with Crippen LogP contribution in [-0.4, -0.2) is 14.3 Å². The molecule has 0 atom stereocenters. The Kier molecular flexibility index (Phi) is 4.64. The Morgan fingerprint density at radius 3 is 2.70 bits per heavy atom. The molecule has 0 fully saturated rings. The van der Waals surface area contributed by atoms with Crippen LogP contribution in [0, 0.1) is 4.91 Å². The van der Waals surface area contributed by atoms with Gasteiger partial charge in [-0.3, -0.25) is 0 Å². The summed E-state index contributed by atoms with van der Waals surface area (Å²) in [4.78, 5) is 16.7. The minimum atomic E-state index is 0.218. The van der Waals surface area contributed by atoms with Gasteiger partial charge in [0.1, 0.15) is 0 Å². The predicted molar refractivity (Wildman–Crippen MR) is 91.6 cm³/mol. The summed E-state index contributed by atoms with van der Waals surface area (Å²) in [5.74, 6) is 0. The summed E-state index contributed by atoms with van der Waals surface area (Å²) in [7, 11) is 0. The third-order valence-electron chi connectivity index (χ3n) is 3.35. The fourth-order valence-corrected chi connectivity index (χ4v) is 2.48. The Morgan fingerprint density at radius 2 is 2.00 bits per heavy atom. The van der Waals surface area contributed by atoms with Gasteiger partial charge in [0.05, 0.1) is 18.1 Å². The average molecular weight is 325 g/mol. The minimum Gasteiger partial charge on any atom is -0.306 e. The lowest BCUT2D eigenvalue weighted by Gasteiger charge is -2.02. The predicted octanol–water partition coefficient (Wildman–Crippen LogP) is 4.47. The molecule has 1 heterocycles. The molecule has 2 aromatic carbocycles. The van der Waals surface area contributed by atoms with Crippen LogP contribution in [0.15, 0.2) is 73.3 Å². The van der Waals surface area contributed by atoms with Crippen molar-refractivity contribution >= 4 is 23.5 Å². The molecule has 3 rings (SSSR count). The molecule has 0 spiro atoms. The molecule has 0 radical (unpaired) electrons. The molecular weight excluding hydrogens is 310 g/mol. The van der Waals surface area contributed by atoms with E-state index in [1.54, 1.807) is 41.6 Å². The van der Waals surface area contributed by atoms with E-state index in [1.165, 1.54) is 0 Å². The maximum absolute atomic E-state index is 12.7. The highest BCUT2D eigenvalue weighted by Gasteiger charge is 2.21. The molecule has 1 aromatic heterocycles. The molecule has 0 amide bonds. The van der Waals surface area contributed by atoms with Crippen LogP contribution in [-0.2, 0) is 6.54 Å². The molecule has 23 heavy (non-hydrogen) atoms. The average Bonchev–Trinajstić information content (AvgIpc) is 3.06. The van der Waals surface area contributed by atoms with Crippen molar-refractivity contribution in [2.24, 2.45) is 0 Å². The van der Waals surface area contributed by atoms with Crippen LogP contribution in [0.5, 0.6) is 0 Å². The van der Waals surface area contributed by atoms with E-state index in [0.29, 0.717) is 10.7 Å². The first-order valence-corrected chi connectivity index (χ1v) is 7.54. The number of aromatic nitrogens is 2. The molecule has 4 nitrogen and oxygen atoms in total. The summed E-state index contributed by atoms with van der Waals surface area (Å²) in [6.45, 7) is 0.218. The van der Waals surface area contributed by atoms with Crippen molar-refractivity contribution in [2.45, 2.75) is 6.54 Å². The Morgan fingerprint density at radius 1 is 1.17 bits per heavy atom. The lowest BCUT2D eigenvalue weighted by molar-refractivity contribution is -0.470. The molecule has 0 aliphatic carbocycles. The van der Waals surface area contributed by atoms with Crippen LogP contribution < -0.4 is 0 Å². The zero-order valence-corrected chi connectivity index (χ0v) is 13.1. The Labute approximate surface area is 139 Å². The van der Waals surface area contributed by atoms with Crippen LogP contribution >= 0.6 is 11.6 Å². The Hall–Kier alpha value is -2.72. The molecule has 0 N–H and O–H groups in total. The van der Waals surface area contributed by atoms with Gasteiger partial charge in [0.2, 0.25) is 6.54 Å². The van der Waals surface area contributed by atoms with Crippen molar-refractivity contribution in [1.82, 2.24) is 9.55 Å². The zero-order chi connectivity index (χ0) is 16.1. The van der Waals surface area contributed by atoms with Gasteiger partial charge in [-0.25, -0.2) is 4.98 Å². The van der Waals surface area contributed by atoms with Gasteiger partial charge in [0.15, 0.2) is 0 Å². The standard InChI is InChI=1S/C18H15ClN3O/c19-17-8-4-5-15(11-17)12-22(23)18(13-21-10-9-20-14-21)16-6-2-1-3-7-16/h1-11,13-14H,12H2/q+1. The van der Waals surface area contributed by atoms with E-state index in [1.807, 2.05) is 42.5 Å². The Bertz CT molecular complexity index is 826. The molecule has 5 heteroatoms. The zero-order valence-electron chi connectivity index (χ0n) is 12.3. The lowest BCUT2D eigenvalue weighted by Crippen LogP contribution is -2.08. The van der Waals surface area contributed by atoms with E-state index < -0.39 is 0 Å². The van der Waals surface area contributed by atoms with Crippen molar-refractivity contribution in [1.29, 1.82) is 0 Å². The minimum absolute atomic E-state index is 0.218. The van der Waals surface area contributed by atoms with Gasteiger partial charge in [-0.05, 0) is 24.3 Å². The molecule has 3 aromatic rings. The first-order chi connectivity index (χ1) is 11.2. The second-order valence-corrected chi connectivity index (χ2v) is 5.49. The summed E-state index contributed by atoms with van der Waals surface area (Å²) in [5, 5.41) is 0.621. The summed E-state index contributed by atoms with van der Waals surface area (Å²) in [6, 6.07) is 16.9. The van der Waals surface area contributed by atoms with Gasteiger partial charge in [0.25, 0.3) is 5.70 Å². The van der Waals surface area contributed by atoms with Crippen molar-refractivity contribution < 1.29 is 4.76 Å². The first kappa shape index (κ1) is 15.2. The van der Waals surface area contributed by atoms with Crippen molar-refractivity contribution in [3.8, 4) is 0 Å². The van der Waals surface area contributed by atoms with E-state index in [4.69, 9.17) is 11.6 Å². The smallest absolute Gasteiger partial charge is 0.280 e. The van der Waals surface area contributed by atoms with E-state index in [9.17, 15) is 4.91 Å². The fraction of sp³-hybridized carbons (Fsp3) is 0.0556. The van der Waals surface area contributed by atoms with E-state index in [2.05, 4.69) is 4.98 Å². The quantitative estimate of drug-likeness (QED) is 0.649. The van der Waals surface area contributed by atoms with E-state index in [-0.39, 0.29) is 6.54 Å². The highest BCUT2D eigenvalue weighted by Crippen LogP contribution is 2.19. The van der Waals surface area contributed by atoms with Gasteiger partial charge in [0, 0.05) is 32.6 Å². The summed E-state index contributed by atoms with van der Waals surface area (Å²) < 4.78 is 2.71. The first-order valence-electron chi connectivity index (χ1n) is 7.16. The van der Waals surface area contributed by atoms with E-state index in [0.717, 1.165) is 15.9 Å². The number of halogens is 1. The Balaban J connectivity index is 1.93. The number of nitrogens with zero attached hydrogens (tertiary/aromatic N) is 3. The van der Waals surface area contributed by atoms with Crippen molar-refractivity contribution in [2.75, 3.05) is 0 Å². The molecule has 0 bridgehead atoms. The number of benzene rings is 2. The van der Waals surface area contributed by atoms with Crippen LogP contribution in [0.1, 0.15) is 11.1 Å². The van der Waals surface area contributed by atoms with Crippen LogP contribution in [0.2, 0.25) is 5.02 Å². The summed E-state index contributed by atoms with van der Waals surface area (Å²) in [6.07, 6.45) is 6.87. The molecule has 0 unspecified atom stereocenters. The van der Waals surface area contributed by atoms with E-state index >= 15 is 0 Å². The number of imidazole rings is 1. The summed E-state index contributed by atoms with van der Waals surface area (Å²) in [5.41, 5.74) is 2.27. The van der Waals surface area contributed by atoms with Gasteiger partial charge in [-0.2, -0.15) is 0 Å². The maximum Gasteiger partial charge on any atom is 0.280 e.